The topological polar surface area (TPSA) is 191 Å². The van der Waals surface area contributed by atoms with Crippen LogP contribution in [0.3, 0.4) is 0 Å². The molecule has 0 bridgehead atoms. The van der Waals surface area contributed by atoms with Gasteiger partial charge in [0, 0.05) is 36.8 Å². The number of hydrogen-bond acceptors (Lipinski definition) is 10. The first-order valence-electron chi connectivity index (χ1n) is 12.4. The quantitative estimate of drug-likeness (QED) is 0.276. The number of rotatable bonds is 1. The summed E-state index contributed by atoms with van der Waals surface area (Å²) >= 11 is 0. The molecule has 5 aliphatic rings. The molecule has 6 rings (SSSR count). The molecule has 2 aliphatic heterocycles. The van der Waals surface area contributed by atoms with Crippen LogP contribution < -0.4 is 16.4 Å². The number of likely N-dealkylation sites (tertiary alicyclic amines) is 1. The Hall–Kier alpha value is -3.41. The van der Waals surface area contributed by atoms with Crippen molar-refractivity contribution >= 4 is 28.9 Å². The average molecular weight is 511 g/mol. The molecular formula is C26H30N4O7. The number of aliphatic hydroxyl groups is 3. The molecule has 0 radical (unpaired) electrons. The third-order valence-corrected chi connectivity index (χ3v) is 9.24. The predicted octanol–water partition coefficient (Wildman–Crippen LogP) is -0.196. The van der Waals surface area contributed by atoms with E-state index in [1.165, 1.54) is 0 Å². The molecule has 1 aromatic rings. The zero-order valence-electron chi connectivity index (χ0n) is 20.6. The monoisotopic (exact) mass is 510 g/mol. The lowest BCUT2D eigenvalue weighted by Crippen LogP contribution is -2.65. The van der Waals surface area contributed by atoms with E-state index in [0.717, 1.165) is 30.8 Å². The predicted molar refractivity (Wildman–Crippen MR) is 131 cm³/mol. The molecule has 196 valence electrons. The minimum Gasteiger partial charge on any atom is -0.508 e. The van der Waals surface area contributed by atoms with Crippen LogP contribution in [0.4, 0.5) is 5.69 Å². The maximum absolute atomic E-state index is 13.7. The van der Waals surface area contributed by atoms with E-state index in [9.17, 15) is 34.8 Å². The van der Waals surface area contributed by atoms with Gasteiger partial charge in [0.15, 0.2) is 11.4 Å². The van der Waals surface area contributed by atoms with Gasteiger partial charge in [0.25, 0.3) is 5.91 Å². The maximum Gasteiger partial charge on any atom is 0.255 e. The normalized spacial score (nSPS) is 35.1. The minimum atomic E-state index is -2.70. The van der Waals surface area contributed by atoms with Crippen LogP contribution in [0.25, 0.3) is 5.76 Å². The van der Waals surface area contributed by atoms with Crippen LogP contribution in [-0.2, 0) is 20.8 Å². The molecule has 1 saturated carbocycles. The van der Waals surface area contributed by atoms with Crippen molar-refractivity contribution in [1.29, 1.82) is 0 Å². The fraction of sp³-hybridized carbons (Fsp3) is 0.500. The Kier molecular flexibility index (Phi) is 4.89. The van der Waals surface area contributed by atoms with Gasteiger partial charge >= 0.3 is 0 Å². The summed E-state index contributed by atoms with van der Waals surface area (Å²) in [6.45, 7) is 1.74. The molecule has 3 aliphatic carbocycles. The average Bonchev–Trinajstić information content (AvgIpc) is 3.19. The van der Waals surface area contributed by atoms with Gasteiger partial charge in [0.05, 0.1) is 11.6 Å². The highest BCUT2D eigenvalue weighted by Crippen LogP contribution is 2.56. The number of carbonyl (C=O) groups is 3. The first-order chi connectivity index (χ1) is 17.4. The number of nitrogens with two attached hydrogens (primary N) is 2. The number of anilines is 1. The summed E-state index contributed by atoms with van der Waals surface area (Å²) in [5.74, 6) is -6.58. The number of hydrogen-bond donors (Lipinski definition) is 6. The van der Waals surface area contributed by atoms with Crippen molar-refractivity contribution in [3.63, 3.8) is 0 Å². The van der Waals surface area contributed by atoms with E-state index in [2.05, 4.69) is 9.80 Å². The number of benzene rings is 1. The summed E-state index contributed by atoms with van der Waals surface area (Å²) in [7, 11) is 4.02. The van der Waals surface area contributed by atoms with Crippen molar-refractivity contribution < 1.29 is 34.8 Å². The number of nitrogens with zero attached hydrogens (tertiary/aromatic N) is 2. The number of primary amides is 1. The smallest absolute Gasteiger partial charge is 0.255 e. The number of ketones is 2. The maximum atomic E-state index is 13.7. The van der Waals surface area contributed by atoms with Gasteiger partial charge in [-0.15, -0.1) is 0 Å². The molecular weight excluding hydrogens is 480 g/mol. The molecule has 1 amide bonds. The first kappa shape index (κ1) is 24.0. The molecule has 1 saturated heterocycles. The molecule has 1 aromatic carbocycles. The zero-order valence-corrected chi connectivity index (χ0v) is 20.6. The number of aromatic hydroxyl groups is 1. The van der Waals surface area contributed by atoms with Crippen LogP contribution in [0.1, 0.15) is 35.6 Å². The van der Waals surface area contributed by atoms with Crippen LogP contribution in [0.15, 0.2) is 23.0 Å². The van der Waals surface area contributed by atoms with Crippen molar-refractivity contribution in [3.8, 4) is 5.75 Å². The number of aliphatic hydroxyl groups excluding tert-OH is 2. The van der Waals surface area contributed by atoms with Crippen LogP contribution in [-0.4, -0.2) is 81.6 Å². The van der Waals surface area contributed by atoms with Gasteiger partial charge in [-0.3, -0.25) is 19.3 Å². The van der Waals surface area contributed by atoms with E-state index < -0.39 is 58.0 Å². The standard InChI is InChI=1S/C26H30N4O7/c1-29-4-3-9-8-30(2)20-11-5-10-6-13-18(27)22(33)17(25(28)36)24(35)26(13,37)23(34)15(10)21(32)16(11)14(31)7-12(20)19(9)29/h7,9-10,13,18-19,31-32,35,37H,3-6,8,27H2,1-2H3,(H2,28,36)/t9?,10-,13-,18-,19?,26-/m0/s1. The van der Waals surface area contributed by atoms with Crippen LogP contribution in [0.2, 0.25) is 0 Å². The number of phenols is 1. The minimum absolute atomic E-state index is 0.00974. The Morgan fingerprint density at radius 3 is 2.57 bits per heavy atom. The van der Waals surface area contributed by atoms with Crippen molar-refractivity contribution in [2.24, 2.45) is 29.2 Å². The van der Waals surface area contributed by atoms with Crippen molar-refractivity contribution in [2.75, 3.05) is 32.1 Å². The van der Waals surface area contributed by atoms with E-state index in [0.29, 0.717) is 11.5 Å². The summed E-state index contributed by atoms with van der Waals surface area (Å²) in [5.41, 5.74) is 10.2. The first-order valence-corrected chi connectivity index (χ1v) is 12.4. The van der Waals surface area contributed by atoms with Crippen LogP contribution >= 0.6 is 0 Å². The molecule has 11 heteroatoms. The molecule has 2 fully saturated rings. The van der Waals surface area contributed by atoms with Gasteiger partial charge in [-0.2, -0.15) is 0 Å². The summed E-state index contributed by atoms with van der Waals surface area (Å²) in [6, 6.07) is 0.306. The highest BCUT2D eigenvalue weighted by molar-refractivity contribution is 6.24. The number of fused-ring (bicyclic) bond motifs is 7. The van der Waals surface area contributed by atoms with Crippen molar-refractivity contribution in [2.45, 2.75) is 36.9 Å². The Balaban J connectivity index is 1.55. The molecule has 37 heavy (non-hydrogen) atoms. The van der Waals surface area contributed by atoms with E-state index in [-0.39, 0.29) is 35.8 Å². The molecule has 2 unspecified atom stereocenters. The molecule has 11 nitrogen and oxygen atoms in total. The van der Waals surface area contributed by atoms with Gasteiger partial charge in [-0.05, 0) is 61.9 Å². The zero-order chi connectivity index (χ0) is 26.7. The summed E-state index contributed by atoms with van der Waals surface area (Å²) < 4.78 is 0. The van der Waals surface area contributed by atoms with Crippen molar-refractivity contribution in [3.05, 3.63) is 39.7 Å². The van der Waals surface area contributed by atoms with E-state index in [1.54, 1.807) is 6.07 Å². The largest absolute Gasteiger partial charge is 0.508 e. The number of Topliss-reactive ketones (excluding diaryl/α,β-unsaturated/α-hetero) is 2. The molecule has 8 N–H and O–H groups in total. The number of carbonyl (C=O) groups excluding carboxylic acids is 3. The highest BCUT2D eigenvalue weighted by atomic mass is 16.3. The van der Waals surface area contributed by atoms with Gasteiger partial charge < -0.3 is 36.8 Å². The van der Waals surface area contributed by atoms with Gasteiger partial charge in [-0.1, -0.05) is 0 Å². The fourth-order valence-corrected chi connectivity index (χ4v) is 7.63. The Morgan fingerprint density at radius 2 is 1.89 bits per heavy atom. The second-order valence-corrected chi connectivity index (χ2v) is 11.1. The SMILES string of the molecule is CN1CC2CCN(C)C2c2cc(O)c3c(c21)C[C@H]1C[C@H]2[C@H](N)C(=O)C(C(N)=O)=C(O)[C@@]2(O)C(=O)C1=C3O. The van der Waals surface area contributed by atoms with E-state index >= 15 is 0 Å². The highest BCUT2D eigenvalue weighted by Gasteiger charge is 2.63. The lowest BCUT2D eigenvalue weighted by molar-refractivity contribution is -0.149. The van der Waals surface area contributed by atoms with E-state index in [4.69, 9.17) is 11.5 Å². The second-order valence-electron chi connectivity index (χ2n) is 11.1. The molecule has 0 aromatic heterocycles. The molecule has 0 spiro atoms. The lowest BCUT2D eigenvalue weighted by atomic mass is 9.57. The van der Waals surface area contributed by atoms with Crippen LogP contribution in [0, 0.1) is 17.8 Å². The summed E-state index contributed by atoms with van der Waals surface area (Å²) in [6.07, 6.45) is 1.28. The van der Waals surface area contributed by atoms with Gasteiger partial charge in [0.2, 0.25) is 5.78 Å². The molecule has 6 atom stereocenters. The lowest BCUT2D eigenvalue weighted by Gasteiger charge is -2.48. The van der Waals surface area contributed by atoms with Gasteiger partial charge in [-0.25, -0.2) is 0 Å². The second kappa shape index (κ2) is 7.56. The van der Waals surface area contributed by atoms with Crippen molar-refractivity contribution in [1.82, 2.24) is 4.90 Å². The summed E-state index contributed by atoms with van der Waals surface area (Å²) in [4.78, 5) is 42.7. The van der Waals surface area contributed by atoms with Crippen LogP contribution in [0.5, 0.6) is 5.75 Å². The Labute approximate surface area is 212 Å². The molecule has 2 heterocycles. The summed E-state index contributed by atoms with van der Waals surface area (Å²) in [5, 5.41) is 44.7. The Morgan fingerprint density at radius 1 is 1.19 bits per heavy atom. The Bertz CT molecular complexity index is 1370. The fourth-order valence-electron chi connectivity index (χ4n) is 7.63. The van der Waals surface area contributed by atoms with Gasteiger partial charge in [0.1, 0.15) is 22.8 Å². The number of phenolic OH excluding ortho intramolecular Hbond substituents is 1. The van der Waals surface area contributed by atoms with E-state index in [1.807, 2.05) is 14.1 Å². The third kappa shape index (κ3) is 2.84. The third-order valence-electron chi connectivity index (χ3n) is 9.24. The number of amides is 1.